The zero-order chi connectivity index (χ0) is 15.0. The maximum atomic E-state index is 11.6. The van der Waals surface area contributed by atoms with E-state index in [4.69, 9.17) is 5.11 Å². The van der Waals surface area contributed by atoms with Crippen molar-refractivity contribution < 1.29 is 14.7 Å². The molecule has 1 atom stereocenters. The highest BCUT2D eigenvalue weighted by Crippen LogP contribution is 2.04. The maximum absolute atomic E-state index is 11.6. The molecule has 0 radical (unpaired) electrons. The fourth-order valence-corrected chi connectivity index (χ4v) is 1.71. The Balaban J connectivity index is 2.22. The van der Waals surface area contributed by atoms with Crippen LogP contribution in [0.4, 0.5) is 4.79 Å². The molecule has 0 aliphatic carbocycles. The van der Waals surface area contributed by atoms with Crippen LogP contribution in [0.15, 0.2) is 6.33 Å². The Morgan fingerprint density at radius 1 is 1.45 bits per heavy atom. The smallest absolute Gasteiger partial charge is 0.326 e. The first-order valence-electron chi connectivity index (χ1n) is 6.60. The molecule has 112 valence electrons. The minimum Gasteiger partial charge on any atom is -0.480 e. The largest absolute Gasteiger partial charge is 0.480 e. The molecule has 1 aromatic rings. The summed E-state index contributed by atoms with van der Waals surface area (Å²) < 4.78 is 0. The standard InChI is InChI=1S/C12H21N5O3/c1-8(2)6-9(11(18)19)16-12(20)13-5-3-4-10-14-7-15-17-10/h7-9H,3-6H2,1-2H3,(H,18,19)(H2,13,16,20)(H,14,15,17)/t9-/m0/s1. The number of carbonyl (C=O) groups is 2. The van der Waals surface area contributed by atoms with Gasteiger partial charge < -0.3 is 15.7 Å². The summed E-state index contributed by atoms with van der Waals surface area (Å²) in [6.07, 6.45) is 3.21. The van der Waals surface area contributed by atoms with Gasteiger partial charge in [-0.15, -0.1) is 0 Å². The van der Waals surface area contributed by atoms with E-state index in [1.165, 1.54) is 6.33 Å². The van der Waals surface area contributed by atoms with Gasteiger partial charge in [-0.25, -0.2) is 14.6 Å². The maximum Gasteiger partial charge on any atom is 0.326 e. The Morgan fingerprint density at radius 2 is 2.20 bits per heavy atom. The molecular formula is C12H21N5O3. The van der Waals surface area contributed by atoms with E-state index < -0.39 is 18.0 Å². The molecule has 0 aliphatic rings. The second-order valence-electron chi connectivity index (χ2n) is 4.96. The van der Waals surface area contributed by atoms with E-state index in [-0.39, 0.29) is 5.92 Å². The highest BCUT2D eigenvalue weighted by Gasteiger charge is 2.20. The van der Waals surface area contributed by atoms with Gasteiger partial charge in [0.15, 0.2) is 0 Å². The highest BCUT2D eigenvalue weighted by molar-refractivity contribution is 5.82. The average Bonchev–Trinajstić information content (AvgIpc) is 2.86. The Hall–Kier alpha value is -2.12. The van der Waals surface area contributed by atoms with Gasteiger partial charge in [-0.05, 0) is 18.8 Å². The number of aromatic amines is 1. The third-order valence-electron chi connectivity index (χ3n) is 2.65. The number of hydrogen-bond acceptors (Lipinski definition) is 4. The third-order valence-corrected chi connectivity index (χ3v) is 2.65. The van der Waals surface area contributed by atoms with E-state index in [2.05, 4.69) is 25.8 Å². The van der Waals surface area contributed by atoms with Crippen LogP contribution in [-0.2, 0) is 11.2 Å². The number of aryl methyl sites for hydroxylation is 1. The summed E-state index contributed by atoms with van der Waals surface area (Å²) in [7, 11) is 0. The number of H-pyrrole nitrogens is 1. The second kappa shape index (κ2) is 8.13. The monoisotopic (exact) mass is 283 g/mol. The van der Waals surface area contributed by atoms with Crippen LogP contribution in [0.3, 0.4) is 0 Å². The van der Waals surface area contributed by atoms with Crippen molar-refractivity contribution in [2.45, 2.75) is 39.2 Å². The summed E-state index contributed by atoms with van der Waals surface area (Å²) in [6, 6.07) is -1.32. The molecule has 0 saturated carbocycles. The predicted molar refractivity (Wildman–Crippen MR) is 72.1 cm³/mol. The van der Waals surface area contributed by atoms with E-state index in [1.807, 2.05) is 13.8 Å². The summed E-state index contributed by atoms with van der Waals surface area (Å²) in [5, 5.41) is 20.5. The molecule has 8 heteroatoms. The second-order valence-corrected chi connectivity index (χ2v) is 4.96. The van der Waals surface area contributed by atoms with Gasteiger partial charge in [-0.3, -0.25) is 5.10 Å². The van der Waals surface area contributed by atoms with Gasteiger partial charge in [0.05, 0.1) is 0 Å². The number of hydrogen-bond donors (Lipinski definition) is 4. The van der Waals surface area contributed by atoms with Crippen molar-refractivity contribution in [1.29, 1.82) is 0 Å². The topological polar surface area (TPSA) is 120 Å². The van der Waals surface area contributed by atoms with E-state index in [0.29, 0.717) is 25.8 Å². The lowest BCUT2D eigenvalue weighted by Gasteiger charge is -2.16. The van der Waals surface area contributed by atoms with Crippen molar-refractivity contribution in [3.63, 3.8) is 0 Å². The number of carbonyl (C=O) groups excluding carboxylic acids is 1. The van der Waals surface area contributed by atoms with E-state index in [9.17, 15) is 9.59 Å². The summed E-state index contributed by atoms with van der Waals surface area (Å²) >= 11 is 0. The van der Waals surface area contributed by atoms with Crippen LogP contribution < -0.4 is 10.6 Å². The first-order valence-corrected chi connectivity index (χ1v) is 6.60. The van der Waals surface area contributed by atoms with E-state index >= 15 is 0 Å². The predicted octanol–water partition coefficient (Wildman–Crippen LogP) is 0.536. The number of carboxylic acids is 1. The molecule has 8 nitrogen and oxygen atoms in total. The van der Waals surface area contributed by atoms with Crippen LogP contribution in [0.1, 0.15) is 32.5 Å². The van der Waals surface area contributed by atoms with Crippen LogP contribution in [0.25, 0.3) is 0 Å². The van der Waals surface area contributed by atoms with Crippen molar-refractivity contribution in [2.75, 3.05) is 6.54 Å². The van der Waals surface area contributed by atoms with Crippen molar-refractivity contribution in [3.05, 3.63) is 12.2 Å². The average molecular weight is 283 g/mol. The van der Waals surface area contributed by atoms with Gasteiger partial charge >= 0.3 is 12.0 Å². The highest BCUT2D eigenvalue weighted by atomic mass is 16.4. The van der Waals surface area contributed by atoms with Crippen molar-refractivity contribution in [3.8, 4) is 0 Å². The van der Waals surface area contributed by atoms with Gasteiger partial charge in [0.1, 0.15) is 18.2 Å². The number of rotatable bonds is 8. The van der Waals surface area contributed by atoms with E-state index in [0.717, 1.165) is 5.82 Å². The van der Waals surface area contributed by atoms with Gasteiger partial charge in [-0.2, -0.15) is 5.10 Å². The van der Waals surface area contributed by atoms with Crippen LogP contribution in [0, 0.1) is 5.92 Å². The number of nitrogens with one attached hydrogen (secondary N) is 3. The van der Waals surface area contributed by atoms with Crippen molar-refractivity contribution >= 4 is 12.0 Å². The Kier molecular flexibility index (Phi) is 6.48. The molecule has 1 aromatic heterocycles. The number of amides is 2. The van der Waals surface area contributed by atoms with Crippen LogP contribution in [0.2, 0.25) is 0 Å². The summed E-state index contributed by atoms with van der Waals surface area (Å²) in [4.78, 5) is 26.5. The van der Waals surface area contributed by atoms with Crippen molar-refractivity contribution in [2.24, 2.45) is 5.92 Å². The zero-order valence-electron chi connectivity index (χ0n) is 11.7. The minimum atomic E-state index is -1.02. The van der Waals surface area contributed by atoms with Crippen LogP contribution in [-0.4, -0.2) is 44.9 Å². The molecule has 0 saturated heterocycles. The fourth-order valence-electron chi connectivity index (χ4n) is 1.71. The molecule has 0 spiro atoms. The Morgan fingerprint density at radius 3 is 2.75 bits per heavy atom. The number of aliphatic carboxylic acids is 1. The molecule has 0 fully saturated rings. The summed E-state index contributed by atoms with van der Waals surface area (Å²) in [6.45, 7) is 4.26. The Labute approximate surface area is 117 Å². The lowest BCUT2D eigenvalue weighted by molar-refractivity contribution is -0.139. The van der Waals surface area contributed by atoms with Gasteiger partial charge in [0, 0.05) is 13.0 Å². The summed E-state index contributed by atoms with van der Waals surface area (Å²) in [5.41, 5.74) is 0. The first kappa shape index (κ1) is 15.9. The normalized spacial score (nSPS) is 12.2. The minimum absolute atomic E-state index is 0.197. The number of aromatic nitrogens is 3. The first-order chi connectivity index (χ1) is 9.49. The molecule has 1 rings (SSSR count). The molecule has 0 aliphatic heterocycles. The van der Waals surface area contributed by atoms with Gasteiger partial charge in [0.2, 0.25) is 0 Å². The molecule has 4 N–H and O–H groups in total. The van der Waals surface area contributed by atoms with Crippen LogP contribution >= 0.6 is 0 Å². The molecular weight excluding hydrogens is 262 g/mol. The van der Waals surface area contributed by atoms with Gasteiger partial charge in [0.25, 0.3) is 0 Å². The zero-order valence-corrected chi connectivity index (χ0v) is 11.7. The van der Waals surface area contributed by atoms with E-state index in [1.54, 1.807) is 0 Å². The molecule has 0 bridgehead atoms. The number of carboxylic acid groups (broad SMARTS) is 1. The van der Waals surface area contributed by atoms with Gasteiger partial charge in [-0.1, -0.05) is 13.8 Å². The van der Waals surface area contributed by atoms with Crippen LogP contribution in [0.5, 0.6) is 0 Å². The molecule has 20 heavy (non-hydrogen) atoms. The fraction of sp³-hybridized carbons (Fsp3) is 0.667. The third kappa shape index (κ3) is 6.17. The molecule has 2 amide bonds. The molecule has 0 unspecified atom stereocenters. The van der Waals surface area contributed by atoms with Crippen molar-refractivity contribution in [1.82, 2.24) is 25.8 Å². The molecule has 0 aromatic carbocycles. The lowest BCUT2D eigenvalue weighted by atomic mass is 10.0. The quantitative estimate of drug-likeness (QED) is 0.519. The number of urea groups is 1. The SMILES string of the molecule is CC(C)C[C@H](NC(=O)NCCCc1ncn[nH]1)C(=O)O. The Bertz CT molecular complexity index is 419. The molecule has 1 heterocycles. The summed E-state index contributed by atoms with van der Waals surface area (Å²) in [5.74, 6) is -0.0613. The number of nitrogens with zero attached hydrogens (tertiary/aromatic N) is 2. The lowest BCUT2D eigenvalue weighted by Crippen LogP contribution is -2.46.